The summed E-state index contributed by atoms with van der Waals surface area (Å²) in [5, 5.41) is 2.45. The van der Waals surface area contributed by atoms with Crippen LogP contribution in [0.3, 0.4) is 0 Å². The van der Waals surface area contributed by atoms with Crippen molar-refractivity contribution in [2.45, 2.75) is 13.5 Å². The van der Waals surface area contributed by atoms with Gasteiger partial charge in [-0.3, -0.25) is 9.59 Å². The molecule has 1 amide bonds. The van der Waals surface area contributed by atoms with Gasteiger partial charge < -0.3 is 14.6 Å². The predicted octanol–water partition coefficient (Wildman–Crippen LogP) is 2.58. The highest BCUT2D eigenvalue weighted by Gasteiger charge is 2.30. The molecule has 0 aliphatic carbocycles. The number of ketones is 1. The molecule has 1 aromatic carbocycles. The van der Waals surface area contributed by atoms with E-state index in [9.17, 15) is 14.0 Å². The number of Topliss-reactive ketones (excluding diaryl/α,β-unsaturated/α-hetero) is 1. The summed E-state index contributed by atoms with van der Waals surface area (Å²) in [6.07, 6.45) is 1.56. The molecule has 0 saturated carbocycles. The van der Waals surface area contributed by atoms with Gasteiger partial charge in [-0.25, -0.2) is 4.39 Å². The van der Waals surface area contributed by atoms with Crippen molar-refractivity contribution in [1.29, 1.82) is 0 Å². The second-order valence-corrected chi connectivity index (χ2v) is 4.73. The molecule has 0 fully saturated rings. The van der Waals surface area contributed by atoms with Gasteiger partial charge in [0.05, 0.1) is 29.7 Å². The van der Waals surface area contributed by atoms with Crippen LogP contribution in [-0.2, 0) is 11.3 Å². The van der Waals surface area contributed by atoms with E-state index in [0.29, 0.717) is 30.2 Å². The molecule has 0 unspecified atom stereocenters. The van der Waals surface area contributed by atoms with Crippen LogP contribution in [0, 0.1) is 5.82 Å². The Balaban J connectivity index is 1.96. The van der Waals surface area contributed by atoms with Gasteiger partial charge in [0, 0.05) is 6.54 Å². The zero-order chi connectivity index (χ0) is 15.0. The second kappa shape index (κ2) is 5.05. The Bertz CT molecular complexity index is 710. The topological polar surface area (TPSA) is 62.6 Å². The van der Waals surface area contributed by atoms with Crippen molar-refractivity contribution >= 4 is 23.1 Å². The molecule has 6 heteroatoms. The molecule has 1 N–H and O–H groups in total. The number of carbonyl (C=O) groups excluding carboxylic acids is 2. The first-order valence-corrected chi connectivity index (χ1v) is 6.56. The summed E-state index contributed by atoms with van der Waals surface area (Å²) >= 11 is 0. The highest BCUT2D eigenvalue weighted by atomic mass is 19.1. The number of benzene rings is 1. The first-order chi connectivity index (χ1) is 10.1. The average Bonchev–Trinajstić information content (AvgIpc) is 3.06. The zero-order valence-corrected chi connectivity index (χ0v) is 11.4. The Morgan fingerprint density at radius 2 is 2.14 bits per heavy atom. The van der Waals surface area contributed by atoms with Gasteiger partial charge in [-0.2, -0.15) is 0 Å². The Kier molecular flexibility index (Phi) is 3.21. The summed E-state index contributed by atoms with van der Waals surface area (Å²) < 4.78 is 19.5. The number of nitrogens with one attached hydrogen (secondary N) is 1. The van der Waals surface area contributed by atoms with Crippen molar-refractivity contribution in [3.8, 4) is 0 Å². The number of fused-ring (bicyclic) bond motifs is 1. The van der Waals surface area contributed by atoms with E-state index in [4.69, 9.17) is 4.42 Å². The normalized spacial score (nSPS) is 13.2. The van der Waals surface area contributed by atoms with E-state index in [1.165, 1.54) is 6.07 Å². The lowest BCUT2D eigenvalue weighted by molar-refractivity contribution is -0.112. The zero-order valence-electron chi connectivity index (χ0n) is 11.4. The molecular weight excluding hydrogens is 275 g/mol. The molecular formula is C15H13FN2O3. The van der Waals surface area contributed by atoms with Gasteiger partial charge in [0.1, 0.15) is 11.6 Å². The summed E-state index contributed by atoms with van der Waals surface area (Å²) in [7, 11) is 0. The maximum atomic E-state index is 14.2. The predicted molar refractivity (Wildman–Crippen MR) is 74.8 cm³/mol. The standard InChI is InChI=1S/C15H13FN2O3/c1-2-18(8-9-4-3-5-21-9)13-7-12-10(6-11(13)16)14(19)15(20)17-12/h3-7H,2,8H2,1H3,(H,17,19,20). The van der Waals surface area contributed by atoms with E-state index < -0.39 is 17.5 Å². The van der Waals surface area contributed by atoms with Crippen LogP contribution in [0.4, 0.5) is 15.8 Å². The van der Waals surface area contributed by atoms with Crippen LogP contribution in [0.2, 0.25) is 0 Å². The SMILES string of the molecule is CCN(Cc1ccco1)c1cc2c(cc1F)C(=O)C(=O)N2. The minimum Gasteiger partial charge on any atom is -0.467 e. The van der Waals surface area contributed by atoms with Crippen LogP contribution < -0.4 is 10.2 Å². The second-order valence-electron chi connectivity index (χ2n) is 4.73. The monoisotopic (exact) mass is 288 g/mol. The average molecular weight is 288 g/mol. The largest absolute Gasteiger partial charge is 0.467 e. The molecule has 1 aliphatic heterocycles. The first-order valence-electron chi connectivity index (χ1n) is 6.56. The molecule has 0 atom stereocenters. The smallest absolute Gasteiger partial charge is 0.296 e. The van der Waals surface area contributed by atoms with Crippen LogP contribution in [0.25, 0.3) is 0 Å². The molecule has 0 radical (unpaired) electrons. The Hall–Kier alpha value is -2.63. The number of nitrogens with zero attached hydrogens (tertiary/aromatic N) is 1. The third kappa shape index (κ3) is 2.29. The third-order valence-electron chi connectivity index (χ3n) is 3.44. The van der Waals surface area contributed by atoms with Gasteiger partial charge in [0.2, 0.25) is 0 Å². The number of hydrogen-bond donors (Lipinski definition) is 1. The van der Waals surface area contributed by atoms with Crippen LogP contribution in [0.1, 0.15) is 23.0 Å². The fraction of sp³-hybridized carbons (Fsp3) is 0.200. The van der Waals surface area contributed by atoms with Gasteiger partial charge in [-0.1, -0.05) is 0 Å². The molecule has 0 bridgehead atoms. The molecule has 1 aromatic heterocycles. The Morgan fingerprint density at radius 3 is 2.81 bits per heavy atom. The lowest BCUT2D eigenvalue weighted by Gasteiger charge is -2.23. The van der Waals surface area contributed by atoms with Crippen LogP contribution >= 0.6 is 0 Å². The summed E-state index contributed by atoms with van der Waals surface area (Å²) in [5.74, 6) is -1.26. The third-order valence-corrected chi connectivity index (χ3v) is 3.44. The number of anilines is 2. The quantitative estimate of drug-likeness (QED) is 0.878. The highest BCUT2D eigenvalue weighted by Crippen LogP contribution is 2.31. The molecule has 21 heavy (non-hydrogen) atoms. The number of carbonyl (C=O) groups is 2. The van der Waals surface area contributed by atoms with E-state index in [1.807, 2.05) is 6.92 Å². The fourth-order valence-corrected chi connectivity index (χ4v) is 2.35. The first kappa shape index (κ1) is 13.4. The number of halogens is 1. The van der Waals surface area contributed by atoms with Crippen LogP contribution in [-0.4, -0.2) is 18.2 Å². The number of hydrogen-bond acceptors (Lipinski definition) is 4. The maximum Gasteiger partial charge on any atom is 0.296 e. The molecule has 3 rings (SSSR count). The van der Waals surface area contributed by atoms with Crippen molar-refractivity contribution in [3.63, 3.8) is 0 Å². The van der Waals surface area contributed by atoms with Crippen molar-refractivity contribution in [2.75, 3.05) is 16.8 Å². The van der Waals surface area contributed by atoms with Crippen molar-refractivity contribution < 1.29 is 18.4 Å². The molecule has 0 spiro atoms. The molecule has 0 saturated heterocycles. The van der Waals surface area contributed by atoms with E-state index in [1.54, 1.807) is 23.3 Å². The molecule has 1 aliphatic rings. The van der Waals surface area contributed by atoms with Gasteiger partial charge in [-0.15, -0.1) is 0 Å². The Labute approximate surface area is 120 Å². The maximum absolute atomic E-state index is 14.2. The molecule has 2 aromatic rings. The van der Waals surface area contributed by atoms with Gasteiger partial charge in [0.15, 0.2) is 0 Å². The van der Waals surface area contributed by atoms with E-state index in [0.717, 1.165) is 6.07 Å². The van der Waals surface area contributed by atoms with E-state index >= 15 is 0 Å². The van der Waals surface area contributed by atoms with E-state index in [2.05, 4.69) is 5.32 Å². The van der Waals surface area contributed by atoms with Gasteiger partial charge >= 0.3 is 0 Å². The van der Waals surface area contributed by atoms with Crippen LogP contribution in [0.15, 0.2) is 34.9 Å². The number of furan rings is 1. The van der Waals surface area contributed by atoms with E-state index in [-0.39, 0.29) is 5.56 Å². The lowest BCUT2D eigenvalue weighted by Crippen LogP contribution is -2.23. The van der Waals surface area contributed by atoms with Crippen molar-refractivity contribution in [3.05, 3.63) is 47.7 Å². The number of rotatable bonds is 4. The van der Waals surface area contributed by atoms with Crippen molar-refractivity contribution in [1.82, 2.24) is 0 Å². The van der Waals surface area contributed by atoms with Crippen molar-refractivity contribution in [2.24, 2.45) is 0 Å². The Morgan fingerprint density at radius 1 is 1.33 bits per heavy atom. The fourth-order valence-electron chi connectivity index (χ4n) is 2.35. The summed E-state index contributed by atoms with van der Waals surface area (Å²) in [5.41, 5.74) is 0.747. The number of amides is 1. The van der Waals surface area contributed by atoms with Crippen LogP contribution in [0.5, 0.6) is 0 Å². The summed E-state index contributed by atoms with van der Waals surface area (Å²) in [6, 6.07) is 6.16. The summed E-state index contributed by atoms with van der Waals surface area (Å²) in [4.78, 5) is 24.7. The minimum absolute atomic E-state index is 0.0790. The minimum atomic E-state index is -0.726. The highest BCUT2D eigenvalue weighted by molar-refractivity contribution is 6.51. The molecule has 5 nitrogen and oxygen atoms in total. The molecule has 2 heterocycles. The van der Waals surface area contributed by atoms with Gasteiger partial charge in [0.25, 0.3) is 11.7 Å². The molecule has 108 valence electrons. The summed E-state index contributed by atoms with van der Waals surface area (Å²) in [6.45, 7) is 2.85. The lowest BCUT2D eigenvalue weighted by atomic mass is 10.1. The van der Waals surface area contributed by atoms with Gasteiger partial charge in [-0.05, 0) is 31.2 Å².